The lowest BCUT2D eigenvalue weighted by Crippen LogP contribution is -2.44. The van der Waals surface area contributed by atoms with Crippen molar-refractivity contribution in [2.45, 2.75) is 38.1 Å². The molecule has 19 heavy (non-hydrogen) atoms. The molecule has 0 saturated heterocycles. The Hall–Kier alpha value is -1.78. The van der Waals surface area contributed by atoms with Gasteiger partial charge in [0.25, 0.3) is 0 Å². The monoisotopic (exact) mass is 262 g/mol. The van der Waals surface area contributed by atoms with Crippen molar-refractivity contribution in [1.82, 2.24) is 10.3 Å². The first-order chi connectivity index (χ1) is 9.20. The lowest BCUT2D eigenvalue weighted by Gasteiger charge is -2.26. The molecule has 0 aliphatic heterocycles. The standard InChI is InChI=1S/C14H22N4O/c1-15-13-9-8-12(10-16-13)18(2)14(19)17-11-6-4-3-5-7-11/h8-11H,3-7H2,1-2H3,(H,15,16)(H,17,19). The molecular formula is C14H22N4O. The summed E-state index contributed by atoms with van der Waals surface area (Å²) in [4.78, 5) is 18.0. The SMILES string of the molecule is CNc1ccc(N(C)C(=O)NC2CCCCC2)cn1. The molecule has 1 aliphatic rings. The second-order valence-corrected chi connectivity index (χ2v) is 5.00. The molecule has 1 aliphatic carbocycles. The average Bonchev–Trinajstić information content (AvgIpc) is 2.47. The maximum atomic E-state index is 12.1. The highest BCUT2D eigenvalue weighted by Gasteiger charge is 2.18. The second-order valence-electron chi connectivity index (χ2n) is 5.00. The Kier molecular flexibility index (Phi) is 4.60. The van der Waals surface area contributed by atoms with Crippen LogP contribution in [0.25, 0.3) is 0 Å². The minimum atomic E-state index is -0.0501. The maximum absolute atomic E-state index is 12.1. The molecule has 0 unspecified atom stereocenters. The number of urea groups is 1. The zero-order valence-corrected chi connectivity index (χ0v) is 11.6. The fraction of sp³-hybridized carbons (Fsp3) is 0.571. The van der Waals surface area contributed by atoms with Crippen LogP contribution in [0, 0.1) is 0 Å². The van der Waals surface area contributed by atoms with Crippen LogP contribution in [-0.2, 0) is 0 Å². The third-order valence-electron chi connectivity index (χ3n) is 3.63. The van der Waals surface area contributed by atoms with E-state index in [0.717, 1.165) is 24.3 Å². The van der Waals surface area contributed by atoms with E-state index in [1.165, 1.54) is 19.3 Å². The van der Waals surface area contributed by atoms with Crippen molar-refractivity contribution < 1.29 is 4.79 Å². The van der Waals surface area contributed by atoms with Crippen LogP contribution < -0.4 is 15.5 Å². The van der Waals surface area contributed by atoms with E-state index in [-0.39, 0.29) is 6.03 Å². The van der Waals surface area contributed by atoms with E-state index in [1.807, 2.05) is 19.2 Å². The van der Waals surface area contributed by atoms with Gasteiger partial charge in [0, 0.05) is 20.1 Å². The Bertz CT molecular complexity index is 412. The number of rotatable bonds is 3. The van der Waals surface area contributed by atoms with Crippen LogP contribution in [0.3, 0.4) is 0 Å². The van der Waals surface area contributed by atoms with E-state index in [4.69, 9.17) is 0 Å². The van der Waals surface area contributed by atoms with Gasteiger partial charge >= 0.3 is 6.03 Å². The number of nitrogens with zero attached hydrogens (tertiary/aromatic N) is 2. The molecule has 0 radical (unpaired) electrons. The highest BCUT2D eigenvalue weighted by Crippen LogP contribution is 2.18. The van der Waals surface area contributed by atoms with Gasteiger partial charge in [-0.2, -0.15) is 0 Å². The largest absolute Gasteiger partial charge is 0.373 e. The fourth-order valence-electron chi connectivity index (χ4n) is 2.37. The molecule has 1 heterocycles. The van der Waals surface area contributed by atoms with E-state index < -0.39 is 0 Å². The van der Waals surface area contributed by atoms with Crippen LogP contribution in [0.2, 0.25) is 0 Å². The summed E-state index contributed by atoms with van der Waals surface area (Å²) in [6.07, 6.45) is 7.61. The number of amides is 2. The summed E-state index contributed by atoms with van der Waals surface area (Å²) in [6, 6.07) is 4.03. The molecule has 1 aromatic heterocycles. The van der Waals surface area contributed by atoms with E-state index in [9.17, 15) is 4.79 Å². The Morgan fingerprint density at radius 2 is 2.05 bits per heavy atom. The van der Waals surface area contributed by atoms with E-state index in [2.05, 4.69) is 15.6 Å². The van der Waals surface area contributed by atoms with Crippen molar-refractivity contribution in [3.8, 4) is 0 Å². The summed E-state index contributed by atoms with van der Waals surface area (Å²) in [7, 11) is 3.59. The Labute approximate surface area is 114 Å². The average molecular weight is 262 g/mol. The molecule has 104 valence electrons. The summed E-state index contributed by atoms with van der Waals surface area (Å²) >= 11 is 0. The highest BCUT2D eigenvalue weighted by atomic mass is 16.2. The lowest BCUT2D eigenvalue weighted by molar-refractivity contribution is 0.239. The molecule has 0 atom stereocenters. The lowest BCUT2D eigenvalue weighted by atomic mass is 9.96. The van der Waals surface area contributed by atoms with Gasteiger partial charge in [0.2, 0.25) is 0 Å². The van der Waals surface area contributed by atoms with Crippen LogP contribution in [0.5, 0.6) is 0 Å². The Balaban J connectivity index is 1.93. The van der Waals surface area contributed by atoms with Crippen LogP contribution in [0.4, 0.5) is 16.3 Å². The number of anilines is 2. The van der Waals surface area contributed by atoms with Crippen molar-refractivity contribution in [2.24, 2.45) is 0 Å². The molecule has 2 rings (SSSR count). The van der Waals surface area contributed by atoms with E-state index in [1.54, 1.807) is 18.1 Å². The third kappa shape index (κ3) is 3.59. The van der Waals surface area contributed by atoms with Crippen molar-refractivity contribution in [1.29, 1.82) is 0 Å². The summed E-state index contributed by atoms with van der Waals surface area (Å²) in [5.74, 6) is 0.796. The Morgan fingerprint density at radius 1 is 1.32 bits per heavy atom. The molecular weight excluding hydrogens is 240 g/mol. The molecule has 2 amide bonds. The zero-order valence-electron chi connectivity index (χ0n) is 11.6. The molecule has 5 nitrogen and oxygen atoms in total. The predicted molar refractivity (Wildman–Crippen MR) is 77.6 cm³/mol. The molecule has 0 spiro atoms. The third-order valence-corrected chi connectivity index (χ3v) is 3.63. The number of pyridine rings is 1. The van der Waals surface area contributed by atoms with Gasteiger partial charge in [-0.15, -0.1) is 0 Å². The minimum Gasteiger partial charge on any atom is -0.373 e. The summed E-state index contributed by atoms with van der Waals surface area (Å²) in [6.45, 7) is 0. The number of hydrogen-bond donors (Lipinski definition) is 2. The number of carbonyl (C=O) groups is 1. The highest BCUT2D eigenvalue weighted by molar-refractivity contribution is 5.91. The number of aromatic nitrogens is 1. The first kappa shape index (κ1) is 13.6. The quantitative estimate of drug-likeness (QED) is 0.880. The van der Waals surface area contributed by atoms with Gasteiger partial charge in [-0.05, 0) is 25.0 Å². The number of nitrogens with one attached hydrogen (secondary N) is 2. The molecule has 1 aromatic rings. The van der Waals surface area contributed by atoms with Gasteiger partial charge in [-0.3, -0.25) is 4.90 Å². The van der Waals surface area contributed by atoms with Gasteiger partial charge < -0.3 is 10.6 Å². The van der Waals surface area contributed by atoms with Gasteiger partial charge in [0.1, 0.15) is 5.82 Å². The summed E-state index contributed by atoms with van der Waals surface area (Å²) < 4.78 is 0. The van der Waals surface area contributed by atoms with Crippen molar-refractivity contribution >= 4 is 17.5 Å². The molecule has 1 saturated carbocycles. The smallest absolute Gasteiger partial charge is 0.321 e. The van der Waals surface area contributed by atoms with Crippen LogP contribution in [-0.4, -0.2) is 31.2 Å². The van der Waals surface area contributed by atoms with Gasteiger partial charge in [0.15, 0.2) is 0 Å². The van der Waals surface area contributed by atoms with E-state index in [0.29, 0.717) is 6.04 Å². The minimum absolute atomic E-state index is 0.0501. The van der Waals surface area contributed by atoms with Gasteiger partial charge in [0.05, 0.1) is 11.9 Å². The second kappa shape index (κ2) is 6.41. The predicted octanol–water partition coefficient (Wildman–Crippen LogP) is 2.60. The van der Waals surface area contributed by atoms with Gasteiger partial charge in [-0.1, -0.05) is 19.3 Å². The first-order valence-corrected chi connectivity index (χ1v) is 6.88. The maximum Gasteiger partial charge on any atom is 0.321 e. The number of hydrogen-bond acceptors (Lipinski definition) is 3. The normalized spacial score (nSPS) is 15.9. The molecule has 5 heteroatoms. The molecule has 0 bridgehead atoms. The molecule has 2 N–H and O–H groups in total. The summed E-state index contributed by atoms with van der Waals surface area (Å²) in [5, 5.41) is 6.05. The first-order valence-electron chi connectivity index (χ1n) is 6.88. The topological polar surface area (TPSA) is 57.3 Å². The van der Waals surface area contributed by atoms with Crippen LogP contribution in [0.1, 0.15) is 32.1 Å². The van der Waals surface area contributed by atoms with Crippen LogP contribution >= 0.6 is 0 Å². The molecule has 0 aromatic carbocycles. The Morgan fingerprint density at radius 3 is 2.63 bits per heavy atom. The van der Waals surface area contributed by atoms with Crippen LogP contribution in [0.15, 0.2) is 18.3 Å². The van der Waals surface area contributed by atoms with Crippen molar-refractivity contribution in [3.63, 3.8) is 0 Å². The van der Waals surface area contributed by atoms with Crippen molar-refractivity contribution in [3.05, 3.63) is 18.3 Å². The number of carbonyl (C=O) groups excluding carboxylic acids is 1. The fourth-order valence-corrected chi connectivity index (χ4v) is 2.37. The zero-order chi connectivity index (χ0) is 13.7. The molecule has 1 fully saturated rings. The summed E-state index contributed by atoms with van der Waals surface area (Å²) in [5.41, 5.74) is 0.798. The van der Waals surface area contributed by atoms with Gasteiger partial charge in [-0.25, -0.2) is 9.78 Å². The van der Waals surface area contributed by atoms with E-state index >= 15 is 0 Å². The van der Waals surface area contributed by atoms with Crippen molar-refractivity contribution in [2.75, 3.05) is 24.3 Å².